The number of aromatic amines is 1. The third-order valence-corrected chi connectivity index (χ3v) is 8.72. The molecule has 1 fully saturated rings. The van der Waals surface area contributed by atoms with Crippen molar-refractivity contribution in [3.8, 4) is 11.3 Å². The molecule has 0 radical (unpaired) electrons. The number of likely N-dealkylation sites (tertiary alicyclic amines) is 1. The Hall–Kier alpha value is -3.01. The number of rotatable bonds is 7. The van der Waals surface area contributed by atoms with Gasteiger partial charge in [-0.2, -0.15) is 16.4 Å². The zero-order valence-corrected chi connectivity index (χ0v) is 20.5. The second-order valence-electron chi connectivity index (χ2n) is 8.46. The fourth-order valence-corrected chi connectivity index (χ4v) is 6.09. The number of thiophene rings is 1. The summed E-state index contributed by atoms with van der Waals surface area (Å²) in [6.45, 7) is 3.46. The molecule has 7 nitrogen and oxygen atoms in total. The van der Waals surface area contributed by atoms with Gasteiger partial charge < -0.3 is 5.32 Å². The minimum Gasteiger partial charge on any atom is -0.324 e. The summed E-state index contributed by atoms with van der Waals surface area (Å²) >= 11 is 1.60. The number of carbonyl (C=O) groups excluding carboxylic acids is 1. The number of amides is 1. The van der Waals surface area contributed by atoms with Crippen LogP contribution in [0.15, 0.2) is 64.2 Å². The quantitative estimate of drug-likeness (QED) is 0.383. The molecule has 3 heterocycles. The zero-order chi connectivity index (χ0) is 23.7. The van der Waals surface area contributed by atoms with Crippen molar-refractivity contribution in [1.29, 1.82) is 0 Å². The van der Waals surface area contributed by atoms with Gasteiger partial charge in [0, 0.05) is 16.6 Å². The number of hydrogen-bond donors (Lipinski definition) is 2. The molecule has 0 saturated carbocycles. The maximum absolute atomic E-state index is 13.4. The van der Waals surface area contributed by atoms with E-state index in [2.05, 4.69) is 20.4 Å². The van der Waals surface area contributed by atoms with E-state index in [1.807, 2.05) is 41.1 Å². The molecule has 2 aromatic heterocycles. The lowest BCUT2D eigenvalue weighted by Gasteiger charge is -2.26. The zero-order valence-electron chi connectivity index (χ0n) is 18.8. The third-order valence-electron chi connectivity index (χ3n) is 6.29. The maximum atomic E-state index is 13.4. The van der Waals surface area contributed by atoms with Gasteiger partial charge in [0.25, 0.3) is 0 Å². The van der Waals surface area contributed by atoms with Crippen molar-refractivity contribution in [2.24, 2.45) is 0 Å². The van der Waals surface area contributed by atoms with Gasteiger partial charge in [0.05, 0.1) is 16.2 Å². The van der Waals surface area contributed by atoms with Crippen molar-refractivity contribution < 1.29 is 13.2 Å². The summed E-state index contributed by atoms with van der Waals surface area (Å²) in [7, 11) is -3.33. The Morgan fingerprint density at radius 1 is 1.18 bits per heavy atom. The van der Waals surface area contributed by atoms with Crippen molar-refractivity contribution in [2.75, 3.05) is 24.2 Å². The SMILES string of the molecule is CCS(=O)(=O)c1cccc(-c2n[nH]c3ccc(NC(=O)C(c4ccsc4)N4CCCC4)cc23)c1. The van der Waals surface area contributed by atoms with Gasteiger partial charge in [0.15, 0.2) is 9.84 Å². The van der Waals surface area contributed by atoms with Gasteiger partial charge in [-0.3, -0.25) is 14.8 Å². The average molecular weight is 495 g/mol. The highest BCUT2D eigenvalue weighted by molar-refractivity contribution is 7.91. The van der Waals surface area contributed by atoms with Crippen LogP contribution in [0.2, 0.25) is 0 Å². The molecular weight excluding hydrogens is 468 g/mol. The normalized spacial score (nSPS) is 15.6. The molecule has 1 aliphatic heterocycles. The molecule has 0 aliphatic carbocycles. The molecular formula is C25H26N4O3S2. The number of fused-ring (bicyclic) bond motifs is 1. The number of carbonyl (C=O) groups is 1. The van der Waals surface area contributed by atoms with Gasteiger partial charge in [-0.1, -0.05) is 19.1 Å². The smallest absolute Gasteiger partial charge is 0.246 e. The minimum absolute atomic E-state index is 0.0380. The summed E-state index contributed by atoms with van der Waals surface area (Å²) in [5.41, 5.74) is 3.86. The minimum atomic E-state index is -3.33. The molecule has 2 aromatic carbocycles. The first kappa shape index (κ1) is 22.8. The number of nitrogens with one attached hydrogen (secondary N) is 2. The van der Waals surface area contributed by atoms with Crippen LogP contribution >= 0.6 is 11.3 Å². The van der Waals surface area contributed by atoms with E-state index in [4.69, 9.17) is 0 Å². The van der Waals surface area contributed by atoms with Gasteiger partial charge in [0.2, 0.25) is 5.91 Å². The molecule has 4 aromatic rings. The lowest BCUT2D eigenvalue weighted by molar-refractivity contribution is -0.121. The number of nitrogens with zero attached hydrogens (tertiary/aromatic N) is 2. The van der Waals surface area contributed by atoms with Crippen LogP contribution in [0.3, 0.4) is 0 Å². The van der Waals surface area contributed by atoms with Crippen molar-refractivity contribution >= 4 is 43.7 Å². The molecule has 5 rings (SSSR count). The highest BCUT2D eigenvalue weighted by Gasteiger charge is 2.30. The van der Waals surface area contributed by atoms with Gasteiger partial charge in [0.1, 0.15) is 11.7 Å². The summed E-state index contributed by atoms with van der Waals surface area (Å²) in [6.07, 6.45) is 2.20. The summed E-state index contributed by atoms with van der Waals surface area (Å²) in [4.78, 5) is 15.9. The van der Waals surface area contributed by atoms with Crippen molar-refractivity contribution in [2.45, 2.75) is 30.7 Å². The Kier molecular flexibility index (Phi) is 6.24. The summed E-state index contributed by atoms with van der Waals surface area (Å²) < 4.78 is 24.7. The summed E-state index contributed by atoms with van der Waals surface area (Å²) in [5, 5.41) is 15.4. The largest absolute Gasteiger partial charge is 0.324 e. The Morgan fingerprint density at radius 3 is 2.74 bits per heavy atom. The van der Waals surface area contributed by atoms with E-state index in [-0.39, 0.29) is 22.6 Å². The lowest BCUT2D eigenvalue weighted by Crippen LogP contribution is -2.35. The first-order chi connectivity index (χ1) is 16.5. The van der Waals surface area contributed by atoms with Gasteiger partial charge >= 0.3 is 0 Å². The van der Waals surface area contributed by atoms with Crippen LogP contribution < -0.4 is 5.32 Å². The molecule has 9 heteroatoms. The first-order valence-electron chi connectivity index (χ1n) is 11.3. The van der Waals surface area contributed by atoms with E-state index in [0.29, 0.717) is 16.9 Å². The van der Waals surface area contributed by atoms with Crippen LogP contribution in [0.25, 0.3) is 22.2 Å². The molecule has 1 atom stereocenters. The highest BCUT2D eigenvalue weighted by atomic mass is 32.2. The van der Waals surface area contributed by atoms with E-state index in [0.717, 1.165) is 42.4 Å². The molecule has 176 valence electrons. The monoisotopic (exact) mass is 494 g/mol. The number of hydrogen-bond acceptors (Lipinski definition) is 6. The van der Waals surface area contributed by atoms with Crippen molar-refractivity contribution in [3.63, 3.8) is 0 Å². The fraction of sp³-hybridized carbons (Fsp3) is 0.280. The van der Waals surface area contributed by atoms with Gasteiger partial charge in [-0.25, -0.2) is 8.42 Å². The molecule has 0 bridgehead atoms. The van der Waals surface area contributed by atoms with E-state index >= 15 is 0 Å². The number of sulfone groups is 1. The van der Waals surface area contributed by atoms with Gasteiger partial charge in [-0.15, -0.1) is 0 Å². The van der Waals surface area contributed by atoms with Crippen molar-refractivity contribution in [1.82, 2.24) is 15.1 Å². The summed E-state index contributed by atoms with van der Waals surface area (Å²) in [5.74, 6) is -0.0169. The number of anilines is 1. The first-order valence-corrected chi connectivity index (χ1v) is 13.9. The Morgan fingerprint density at radius 2 is 2.00 bits per heavy atom. The molecule has 1 unspecified atom stereocenters. The molecule has 2 N–H and O–H groups in total. The van der Waals surface area contributed by atoms with E-state index < -0.39 is 9.84 Å². The third kappa shape index (κ3) is 4.38. The van der Waals surface area contributed by atoms with Crippen LogP contribution in [-0.2, 0) is 14.6 Å². The lowest BCUT2D eigenvalue weighted by atomic mass is 10.1. The average Bonchev–Trinajstić information content (AvgIpc) is 3.62. The number of H-pyrrole nitrogens is 1. The molecule has 1 aliphatic rings. The Bertz CT molecular complexity index is 1420. The fourth-order valence-electron chi connectivity index (χ4n) is 4.48. The van der Waals surface area contributed by atoms with Crippen LogP contribution in [0, 0.1) is 0 Å². The van der Waals surface area contributed by atoms with E-state index in [9.17, 15) is 13.2 Å². The topological polar surface area (TPSA) is 95.2 Å². The molecule has 34 heavy (non-hydrogen) atoms. The molecule has 0 spiro atoms. The molecule has 1 amide bonds. The second-order valence-corrected chi connectivity index (χ2v) is 11.5. The number of benzene rings is 2. The van der Waals surface area contributed by atoms with Gasteiger partial charge in [-0.05, 0) is 78.7 Å². The van der Waals surface area contributed by atoms with Crippen LogP contribution in [0.4, 0.5) is 5.69 Å². The second kappa shape index (κ2) is 9.32. The predicted octanol–water partition coefficient (Wildman–Crippen LogP) is 4.86. The summed E-state index contributed by atoms with van der Waals surface area (Å²) in [6, 6.07) is 14.2. The van der Waals surface area contributed by atoms with E-state index in [1.165, 1.54) is 0 Å². The van der Waals surface area contributed by atoms with E-state index in [1.54, 1.807) is 36.5 Å². The standard InChI is InChI=1S/C25H26N4O3S2/c1-2-34(31,32)20-7-5-6-17(14-20)23-21-15-19(8-9-22(21)27-28-23)26-25(30)24(18-10-13-33-16-18)29-11-3-4-12-29/h5-10,13-16,24H,2-4,11-12H2,1H3,(H,26,30)(H,27,28). The Labute approximate surface area is 202 Å². The highest BCUT2D eigenvalue weighted by Crippen LogP contribution is 2.32. The van der Waals surface area contributed by atoms with Crippen LogP contribution in [0.5, 0.6) is 0 Å². The predicted molar refractivity (Wildman–Crippen MR) is 136 cm³/mol. The maximum Gasteiger partial charge on any atom is 0.246 e. The van der Waals surface area contributed by atoms with Crippen molar-refractivity contribution in [3.05, 3.63) is 64.9 Å². The number of aromatic nitrogens is 2. The van der Waals surface area contributed by atoms with Crippen LogP contribution in [-0.4, -0.2) is 48.3 Å². The Balaban J connectivity index is 1.47. The van der Waals surface area contributed by atoms with Crippen LogP contribution in [0.1, 0.15) is 31.4 Å². The molecule has 1 saturated heterocycles.